The van der Waals surface area contributed by atoms with Crippen LogP contribution in [0.4, 0.5) is 5.69 Å². The molecule has 3 unspecified atom stereocenters. The van der Waals surface area contributed by atoms with Gasteiger partial charge in [-0.15, -0.1) is 11.8 Å². The number of nitro groups is 1. The Morgan fingerprint density at radius 3 is 2.38 bits per heavy atom. The number of β-lactam (4-membered cyclic amide) rings is 1. The molecule has 37 heavy (non-hydrogen) atoms. The van der Waals surface area contributed by atoms with Crippen molar-refractivity contribution >= 4 is 35.2 Å². The third-order valence-electron chi connectivity index (χ3n) is 5.35. The van der Waals surface area contributed by atoms with E-state index in [0.717, 1.165) is 16.7 Å². The zero-order valence-corrected chi connectivity index (χ0v) is 20.8. The second-order valence-corrected chi connectivity index (χ2v) is 8.94. The lowest BCUT2D eigenvalue weighted by Crippen LogP contribution is -2.66. The Bertz CT molecular complexity index is 1180. The second-order valence-electron chi connectivity index (χ2n) is 7.89. The Kier molecular flexibility index (Phi) is 9.09. The fourth-order valence-electron chi connectivity index (χ4n) is 3.62. The number of benzene rings is 2. The van der Waals surface area contributed by atoms with Crippen LogP contribution in [0.15, 0.2) is 66.1 Å². The number of aliphatic hydroxyl groups is 1. The number of hydrogen-bond acceptors (Lipinski definition) is 10. The fourth-order valence-corrected chi connectivity index (χ4v) is 4.72. The molecule has 3 atom stereocenters. The number of likely N-dealkylation sites (tertiary alicyclic amines) is 1. The van der Waals surface area contributed by atoms with Crippen LogP contribution in [0.1, 0.15) is 12.5 Å². The van der Waals surface area contributed by atoms with Crippen molar-refractivity contribution in [2.75, 3.05) is 13.0 Å². The van der Waals surface area contributed by atoms with Crippen LogP contribution >= 0.6 is 11.8 Å². The third kappa shape index (κ3) is 6.37. The van der Waals surface area contributed by atoms with Crippen molar-refractivity contribution in [3.05, 3.63) is 81.7 Å². The van der Waals surface area contributed by atoms with Crippen LogP contribution in [0.2, 0.25) is 0 Å². The van der Waals surface area contributed by atoms with Gasteiger partial charge in [0.2, 0.25) is 5.91 Å². The monoisotopic (exact) mass is 531 g/mol. The highest BCUT2D eigenvalue weighted by molar-refractivity contribution is 7.99. The first-order valence-corrected chi connectivity index (χ1v) is 12.0. The largest absolute Gasteiger partial charge is 0.510 e. The molecule has 0 bridgehead atoms. The molecule has 1 fully saturated rings. The zero-order chi connectivity index (χ0) is 27.1. The van der Waals surface area contributed by atoms with Crippen molar-refractivity contribution in [3.63, 3.8) is 0 Å². The molecule has 3 N–H and O–H groups in total. The predicted molar refractivity (Wildman–Crippen MR) is 132 cm³/mol. The van der Waals surface area contributed by atoms with Crippen molar-refractivity contribution in [3.8, 4) is 5.75 Å². The van der Waals surface area contributed by atoms with Crippen molar-refractivity contribution in [2.45, 2.75) is 25.0 Å². The molecule has 2 aromatic carbocycles. The summed E-state index contributed by atoms with van der Waals surface area (Å²) in [4.78, 5) is 49.7. The van der Waals surface area contributed by atoms with Gasteiger partial charge < -0.3 is 25.1 Å². The van der Waals surface area contributed by atoms with E-state index in [-0.39, 0.29) is 18.2 Å². The number of nitro benzene ring substituents is 1. The van der Waals surface area contributed by atoms with E-state index in [4.69, 9.17) is 19.9 Å². The normalized spacial score (nSPS) is 18.3. The van der Waals surface area contributed by atoms with Crippen LogP contribution in [0, 0.1) is 16.0 Å². The predicted octanol–water partition coefficient (Wildman–Crippen LogP) is 2.48. The maximum Gasteiger partial charge on any atom is 0.358 e. The number of allylic oxidation sites excluding steroid dienone is 1. The summed E-state index contributed by atoms with van der Waals surface area (Å²) in [5, 5.41) is 20.3. The Balaban J connectivity index is 1.81. The number of carbonyl (C=O) groups is 3. The van der Waals surface area contributed by atoms with Crippen molar-refractivity contribution in [1.82, 2.24) is 4.90 Å². The van der Waals surface area contributed by atoms with Crippen molar-refractivity contribution in [1.29, 1.82) is 0 Å². The van der Waals surface area contributed by atoms with Crippen LogP contribution in [0.5, 0.6) is 5.75 Å². The summed E-state index contributed by atoms with van der Waals surface area (Å²) in [6.07, 6.45) is -1.35. The summed E-state index contributed by atoms with van der Waals surface area (Å²) in [6.45, 7) is 0.948. The molecule has 196 valence electrons. The van der Waals surface area contributed by atoms with E-state index in [0.29, 0.717) is 11.3 Å². The minimum atomic E-state index is -1.35. The molecular weight excluding hydrogens is 506 g/mol. The highest BCUT2D eigenvalue weighted by atomic mass is 32.2. The number of carbonyl (C=O) groups excluding carboxylic acids is 3. The second kappa shape index (κ2) is 12.2. The van der Waals surface area contributed by atoms with Gasteiger partial charge in [0.05, 0.1) is 10.9 Å². The number of para-hydroxylation sites is 1. The smallest absolute Gasteiger partial charge is 0.358 e. The molecule has 1 heterocycles. The number of thioether (sulfide) groups is 1. The van der Waals surface area contributed by atoms with E-state index in [1.54, 1.807) is 30.3 Å². The SMILES string of the molecule is COCSC1C(C(Oc2ccccc2)C(N)=O)C(=O)N1C(C(=O)OCc1ccc([N+](=O)[O-])cc1)=C(C)O. The average Bonchev–Trinajstić information content (AvgIpc) is 2.87. The van der Waals surface area contributed by atoms with Gasteiger partial charge in [0.25, 0.3) is 11.6 Å². The minimum absolute atomic E-state index is 0.0946. The van der Waals surface area contributed by atoms with Gasteiger partial charge in [0.15, 0.2) is 11.8 Å². The quantitative estimate of drug-likeness (QED) is 0.0788. The molecule has 3 rings (SSSR count). The van der Waals surface area contributed by atoms with Gasteiger partial charge >= 0.3 is 5.97 Å². The van der Waals surface area contributed by atoms with Gasteiger partial charge in [-0.25, -0.2) is 4.79 Å². The number of rotatable bonds is 12. The van der Waals surface area contributed by atoms with Gasteiger partial charge in [0.1, 0.15) is 29.4 Å². The lowest BCUT2D eigenvalue weighted by Gasteiger charge is -2.48. The summed E-state index contributed by atoms with van der Waals surface area (Å²) < 4.78 is 16.1. The van der Waals surface area contributed by atoms with Crippen LogP contribution in [0.25, 0.3) is 0 Å². The minimum Gasteiger partial charge on any atom is -0.510 e. The van der Waals surface area contributed by atoms with Gasteiger partial charge in [-0.3, -0.25) is 24.6 Å². The van der Waals surface area contributed by atoms with Crippen LogP contribution < -0.4 is 10.5 Å². The van der Waals surface area contributed by atoms with Gasteiger partial charge in [-0.1, -0.05) is 18.2 Å². The first-order chi connectivity index (χ1) is 17.6. The van der Waals surface area contributed by atoms with E-state index < -0.39 is 51.6 Å². The molecule has 1 aliphatic rings. The average molecular weight is 532 g/mol. The van der Waals surface area contributed by atoms with E-state index in [2.05, 4.69) is 0 Å². The molecule has 0 aliphatic carbocycles. The molecule has 13 heteroatoms. The summed E-state index contributed by atoms with van der Waals surface area (Å²) in [5.74, 6) is -3.70. The first kappa shape index (κ1) is 27.5. The van der Waals surface area contributed by atoms with Crippen LogP contribution in [-0.4, -0.2) is 57.2 Å². The number of hydrogen-bond donors (Lipinski definition) is 2. The maximum absolute atomic E-state index is 13.3. The molecule has 1 aliphatic heterocycles. The Hall–Kier alpha value is -4.10. The van der Waals surface area contributed by atoms with Gasteiger partial charge in [-0.05, 0) is 36.8 Å². The van der Waals surface area contributed by atoms with Crippen LogP contribution in [0.3, 0.4) is 0 Å². The number of esters is 1. The number of aliphatic hydroxyl groups excluding tert-OH is 1. The Labute approximate surface area is 216 Å². The number of nitrogens with zero attached hydrogens (tertiary/aromatic N) is 2. The molecule has 1 saturated heterocycles. The molecule has 2 aromatic rings. The van der Waals surface area contributed by atoms with E-state index >= 15 is 0 Å². The molecular formula is C24H25N3O9S. The maximum atomic E-state index is 13.3. The Morgan fingerprint density at radius 1 is 1.19 bits per heavy atom. The molecule has 0 aromatic heterocycles. The molecule has 2 amide bonds. The summed E-state index contributed by atoms with van der Waals surface area (Å²) in [7, 11) is 1.44. The van der Waals surface area contributed by atoms with E-state index in [1.165, 1.54) is 38.3 Å². The first-order valence-electron chi connectivity index (χ1n) is 10.9. The molecule has 12 nitrogen and oxygen atoms in total. The number of nitrogens with two attached hydrogens (primary N) is 1. The zero-order valence-electron chi connectivity index (χ0n) is 19.9. The number of non-ortho nitro benzene ring substituents is 1. The summed E-state index contributed by atoms with van der Waals surface area (Å²) >= 11 is 1.10. The van der Waals surface area contributed by atoms with Gasteiger partial charge in [-0.2, -0.15) is 0 Å². The molecule has 0 radical (unpaired) electrons. The number of methoxy groups -OCH3 is 1. The van der Waals surface area contributed by atoms with Crippen molar-refractivity contribution in [2.24, 2.45) is 11.7 Å². The van der Waals surface area contributed by atoms with E-state index in [1.807, 2.05) is 0 Å². The van der Waals surface area contributed by atoms with E-state index in [9.17, 15) is 29.6 Å². The topological polar surface area (TPSA) is 172 Å². The molecule has 0 spiro atoms. The number of ether oxygens (including phenoxy) is 3. The standard InChI is InChI=1S/C24H25N3O9S/c1-14(28)19(24(31)35-12-15-8-10-16(11-9-15)27(32)33)26-22(30)18(23(26)37-13-34-2)20(21(25)29)36-17-6-4-3-5-7-17/h3-11,18,20,23,28H,12-13H2,1-2H3,(H2,25,29). The highest BCUT2D eigenvalue weighted by Crippen LogP contribution is 2.42. The van der Waals surface area contributed by atoms with Crippen LogP contribution in [-0.2, 0) is 30.5 Å². The number of primary amides is 1. The fraction of sp³-hybridized carbons (Fsp3) is 0.292. The third-order valence-corrected chi connectivity index (χ3v) is 6.57. The molecule has 0 saturated carbocycles. The summed E-state index contributed by atoms with van der Waals surface area (Å²) in [6, 6.07) is 13.7. The highest BCUT2D eigenvalue weighted by Gasteiger charge is 2.57. The lowest BCUT2D eigenvalue weighted by atomic mass is 9.90. The summed E-state index contributed by atoms with van der Waals surface area (Å²) in [5.41, 5.74) is 5.47. The lowest BCUT2D eigenvalue weighted by molar-refractivity contribution is -0.384. The number of amides is 2. The van der Waals surface area contributed by atoms with Crippen molar-refractivity contribution < 1.29 is 38.6 Å². The Morgan fingerprint density at radius 2 is 1.84 bits per heavy atom. The van der Waals surface area contributed by atoms with Gasteiger partial charge in [0, 0.05) is 19.2 Å².